The van der Waals surface area contributed by atoms with Gasteiger partial charge in [-0.1, -0.05) is 0 Å². The number of carboxylic acids is 1. The molecule has 5 heteroatoms. The van der Waals surface area contributed by atoms with Crippen molar-refractivity contribution < 1.29 is 14.6 Å². The molecule has 0 aliphatic carbocycles. The summed E-state index contributed by atoms with van der Waals surface area (Å²) in [5, 5.41) is 9.87. The van der Waals surface area contributed by atoms with Gasteiger partial charge in [-0.25, -0.2) is 0 Å². The molecule has 0 unspecified atom stereocenters. The first kappa shape index (κ1) is 11.2. The van der Waals surface area contributed by atoms with Gasteiger partial charge in [-0.05, 0) is 29.7 Å². The second-order valence-corrected chi connectivity index (χ2v) is 3.65. The van der Waals surface area contributed by atoms with Gasteiger partial charge >= 0.3 is 5.97 Å². The van der Waals surface area contributed by atoms with Crippen molar-refractivity contribution in [2.45, 2.75) is 6.42 Å². The van der Waals surface area contributed by atoms with E-state index in [0.29, 0.717) is 22.2 Å². The van der Waals surface area contributed by atoms with E-state index >= 15 is 0 Å². The Kier molecular flexibility index (Phi) is 2.82. The van der Waals surface area contributed by atoms with Crippen LogP contribution in [-0.2, 0) is 11.2 Å². The van der Waals surface area contributed by atoms with Crippen molar-refractivity contribution in [3.8, 4) is 5.75 Å². The topological polar surface area (TPSA) is 79.4 Å². The Labute approximate surface area is 96.7 Å². The van der Waals surface area contributed by atoms with Crippen LogP contribution in [0.15, 0.2) is 29.1 Å². The Morgan fingerprint density at radius 3 is 2.82 bits per heavy atom. The van der Waals surface area contributed by atoms with E-state index in [1.807, 2.05) is 0 Å². The van der Waals surface area contributed by atoms with Crippen LogP contribution < -0.4 is 10.3 Å². The van der Waals surface area contributed by atoms with E-state index in [-0.39, 0.29) is 12.0 Å². The minimum Gasteiger partial charge on any atom is -0.497 e. The number of hydrogen-bond donors (Lipinski definition) is 2. The Balaban J connectivity index is 2.61. The summed E-state index contributed by atoms with van der Waals surface area (Å²) in [6.45, 7) is 0. The predicted molar refractivity (Wildman–Crippen MR) is 62.5 cm³/mol. The molecule has 2 rings (SSSR count). The SMILES string of the molecule is COc1ccc2c(=O)[nH]c(CC(=O)O)cc2c1. The van der Waals surface area contributed by atoms with Crippen LogP contribution in [-0.4, -0.2) is 23.2 Å². The fourth-order valence-electron chi connectivity index (χ4n) is 1.69. The van der Waals surface area contributed by atoms with Crippen molar-refractivity contribution >= 4 is 16.7 Å². The fraction of sp³-hybridized carbons (Fsp3) is 0.167. The molecule has 1 heterocycles. The van der Waals surface area contributed by atoms with Crippen molar-refractivity contribution in [1.29, 1.82) is 0 Å². The van der Waals surface area contributed by atoms with E-state index in [1.165, 1.54) is 7.11 Å². The highest BCUT2D eigenvalue weighted by atomic mass is 16.5. The maximum Gasteiger partial charge on any atom is 0.309 e. The molecule has 0 atom stereocenters. The summed E-state index contributed by atoms with van der Waals surface area (Å²) in [5.41, 5.74) is 0.0876. The zero-order valence-corrected chi connectivity index (χ0v) is 9.19. The number of nitrogens with one attached hydrogen (secondary N) is 1. The zero-order valence-electron chi connectivity index (χ0n) is 9.19. The van der Waals surface area contributed by atoms with Crippen LogP contribution in [0, 0.1) is 0 Å². The summed E-state index contributed by atoms with van der Waals surface area (Å²) in [4.78, 5) is 24.8. The summed E-state index contributed by atoms with van der Waals surface area (Å²) in [5.74, 6) is -0.354. The molecule has 88 valence electrons. The first-order valence-electron chi connectivity index (χ1n) is 5.02. The predicted octanol–water partition coefficient (Wildman–Crippen LogP) is 1.16. The molecule has 1 aromatic heterocycles. The van der Waals surface area contributed by atoms with Crippen LogP contribution >= 0.6 is 0 Å². The monoisotopic (exact) mass is 233 g/mol. The number of carbonyl (C=O) groups is 1. The molecule has 17 heavy (non-hydrogen) atoms. The smallest absolute Gasteiger partial charge is 0.309 e. The number of fused-ring (bicyclic) bond motifs is 1. The minimum atomic E-state index is -0.983. The summed E-state index contributed by atoms with van der Waals surface area (Å²) in [6.07, 6.45) is -0.206. The van der Waals surface area contributed by atoms with Gasteiger partial charge in [0, 0.05) is 11.1 Å². The summed E-state index contributed by atoms with van der Waals surface area (Å²) >= 11 is 0. The highest BCUT2D eigenvalue weighted by molar-refractivity contribution is 5.84. The maximum absolute atomic E-state index is 11.7. The van der Waals surface area contributed by atoms with E-state index in [9.17, 15) is 9.59 Å². The van der Waals surface area contributed by atoms with Gasteiger partial charge in [0.25, 0.3) is 5.56 Å². The number of rotatable bonds is 3. The van der Waals surface area contributed by atoms with Crippen LogP contribution in [0.5, 0.6) is 5.75 Å². The number of ether oxygens (including phenoxy) is 1. The second kappa shape index (κ2) is 4.29. The lowest BCUT2D eigenvalue weighted by atomic mass is 10.1. The van der Waals surface area contributed by atoms with Crippen molar-refractivity contribution in [2.24, 2.45) is 0 Å². The number of methoxy groups -OCH3 is 1. The second-order valence-electron chi connectivity index (χ2n) is 3.65. The van der Waals surface area contributed by atoms with Crippen LogP contribution in [0.2, 0.25) is 0 Å². The van der Waals surface area contributed by atoms with Crippen molar-refractivity contribution in [2.75, 3.05) is 7.11 Å². The highest BCUT2D eigenvalue weighted by Gasteiger charge is 2.06. The Bertz CT molecular complexity index is 630. The molecule has 0 spiro atoms. The van der Waals surface area contributed by atoms with Gasteiger partial charge in [0.05, 0.1) is 13.5 Å². The molecule has 0 aliphatic rings. The van der Waals surface area contributed by atoms with Gasteiger partial charge in [-0.15, -0.1) is 0 Å². The molecule has 0 fully saturated rings. The molecule has 2 aromatic rings. The van der Waals surface area contributed by atoms with Crippen molar-refractivity contribution in [3.05, 3.63) is 40.3 Å². The lowest BCUT2D eigenvalue weighted by molar-refractivity contribution is -0.136. The maximum atomic E-state index is 11.7. The first-order chi connectivity index (χ1) is 8.10. The van der Waals surface area contributed by atoms with Crippen LogP contribution in [0.4, 0.5) is 0 Å². The molecule has 0 amide bonds. The van der Waals surface area contributed by atoms with Gasteiger partial charge < -0.3 is 14.8 Å². The molecular formula is C12H11NO4. The molecule has 2 N–H and O–H groups in total. The van der Waals surface area contributed by atoms with Gasteiger partial charge in [0.2, 0.25) is 0 Å². The fourth-order valence-corrected chi connectivity index (χ4v) is 1.69. The molecule has 0 bridgehead atoms. The third kappa shape index (κ3) is 2.28. The van der Waals surface area contributed by atoms with Crippen LogP contribution in [0.25, 0.3) is 10.8 Å². The average Bonchev–Trinajstić information content (AvgIpc) is 2.27. The Morgan fingerprint density at radius 1 is 1.41 bits per heavy atom. The third-order valence-corrected chi connectivity index (χ3v) is 2.45. The largest absolute Gasteiger partial charge is 0.497 e. The van der Waals surface area contributed by atoms with Crippen molar-refractivity contribution in [3.63, 3.8) is 0 Å². The molecule has 0 saturated heterocycles. The number of aliphatic carboxylic acids is 1. The number of pyridine rings is 1. The van der Waals surface area contributed by atoms with Crippen LogP contribution in [0.3, 0.4) is 0 Å². The number of aromatic amines is 1. The number of hydrogen-bond acceptors (Lipinski definition) is 3. The third-order valence-electron chi connectivity index (χ3n) is 2.45. The Hall–Kier alpha value is -2.30. The highest BCUT2D eigenvalue weighted by Crippen LogP contribution is 2.18. The van der Waals surface area contributed by atoms with Gasteiger partial charge in [0.15, 0.2) is 0 Å². The van der Waals surface area contributed by atoms with Gasteiger partial charge in [-0.3, -0.25) is 9.59 Å². The molecule has 0 aliphatic heterocycles. The number of carboxylic acid groups (broad SMARTS) is 1. The quantitative estimate of drug-likeness (QED) is 0.833. The summed E-state index contributed by atoms with van der Waals surface area (Å²) in [7, 11) is 1.53. The lowest BCUT2D eigenvalue weighted by Crippen LogP contribution is -2.12. The standard InChI is InChI=1S/C12H11NO4/c1-17-9-2-3-10-7(5-9)4-8(6-11(14)15)13-12(10)16/h2-5H,6H2,1H3,(H,13,16)(H,14,15). The summed E-state index contributed by atoms with van der Waals surface area (Å²) in [6, 6.07) is 6.69. The van der Waals surface area contributed by atoms with Gasteiger partial charge in [-0.2, -0.15) is 0 Å². The van der Waals surface area contributed by atoms with E-state index in [2.05, 4.69) is 4.98 Å². The molecule has 1 aromatic carbocycles. The number of aromatic nitrogens is 1. The van der Waals surface area contributed by atoms with Gasteiger partial charge in [0.1, 0.15) is 5.75 Å². The molecule has 5 nitrogen and oxygen atoms in total. The summed E-state index contributed by atoms with van der Waals surface area (Å²) < 4.78 is 5.05. The minimum absolute atomic E-state index is 0.206. The lowest BCUT2D eigenvalue weighted by Gasteiger charge is -2.04. The molecular weight excluding hydrogens is 222 g/mol. The Morgan fingerprint density at radius 2 is 2.18 bits per heavy atom. The normalized spacial score (nSPS) is 10.4. The molecule has 0 saturated carbocycles. The zero-order chi connectivity index (χ0) is 12.4. The van der Waals surface area contributed by atoms with E-state index in [4.69, 9.17) is 9.84 Å². The number of H-pyrrole nitrogens is 1. The van der Waals surface area contributed by atoms with E-state index < -0.39 is 5.97 Å². The number of benzene rings is 1. The average molecular weight is 233 g/mol. The van der Waals surface area contributed by atoms with Crippen molar-refractivity contribution in [1.82, 2.24) is 4.98 Å². The van der Waals surface area contributed by atoms with E-state index in [1.54, 1.807) is 24.3 Å². The van der Waals surface area contributed by atoms with E-state index in [0.717, 1.165) is 0 Å². The van der Waals surface area contributed by atoms with Crippen LogP contribution in [0.1, 0.15) is 5.69 Å². The molecule has 0 radical (unpaired) electrons. The first-order valence-corrected chi connectivity index (χ1v) is 5.02.